The molecule has 0 aromatic heterocycles. The number of aromatic hydroxyl groups is 1. The summed E-state index contributed by atoms with van der Waals surface area (Å²) in [6.45, 7) is 1.28. The van der Waals surface area contributed by atoms with Crippen LogP contribution < -0.4 is 15.4 Å². The van der Waals surface area contributed by atoms with Gasteiger partial charge in [0.15, 0.2) is 0 Å². The van der Waals surface area contributed by atoms with Gasteiger partial charge in [-0.15, -0.1) is 0 Å². The lowest BCUT2D eigenvalue weighted by Crippen LogP contribution is -2.23. The van der Waals surface area contributed by atoms with Gasteiger partial charge in [-0.3, -0.25) is 0 Å². The lowest BCUT2D eigenvalue weighted by Gasteiger charge is -2.19. The third-order valence-corrected chi connectivity index (χ3v) is 2.89. The minimum atomic E-state index is 0.269. The van der Waals surface area contributed by atoms with E-state index in [1.807, 2.05) is 43.4 Å². The van der Waals surface area contributed by atoms with E-state index in [0.29, 0.717) is 18.0 Å². The van der Waals surface area contributed by atoms with Crippen LogP contribution in [0.5, 0.6) is 11.5 Å². The van der Waals surface area contributed by atoms with Gasteiger partial charge >= 0.3 is 0 Å². The van der Waals surface area contributed by atoms with Crippen LogP contribution in [0.15, 0.2) is 48.5 Å². The number of hydrogen-bond acceptors (Lipinski definition) is 4. The summed E-state index contributed by atoms with van der Waals surface area (Å²) in [5.74, 6) is 0.979. The smallest absolute Gasteiger partial charge is 0.142 e. The van der Waals surface area contributed by atoms with Gasteiger partial charge in [0.05, 0.1) is 12.2 Å². The Morgan fingerprint density at radius 1 is 1.11 bits per heavy atom. The summed E-state index contributed by atoms with van der Waals surface area (Å²) in [6.07, 6.45) is 0. The Morgan fingerprint density at radius 3 is 2.47 bits per heavy atom. The summed E-state index contributed by atoms with van der Waals surface area (Å²) in [6, 6.07) is 14.5. The van der Waals surface area contributed by atoms with E-state index < -0.39 is 0 Å². The van der Waals surface area contributed by atoms with Gasteiger partial charge in [0, 0.05) is 12.7 Å². The third-order valence-electron chi connectivity index (χ3n) is 2.89. The number of nitrogens with two attached hydrogens (primary N) is 1. The molecule has 0 aliphatic heterocycles. The molecule has 0 fully saturated rings. The normalized spacial score (nSPS) is 10.2. The SMILES string of the molecule is CN(CCOc1ccccc1N)c1ccc(O)cc1. The predicted molar refractivity (Wildman–Crippen MR) is 77.7 cm³/mol. The molecule has 0 atom stereocenters. The highest BCUT2D eigenvalue weighted by molar-refractivity contribution is 5.52. The fourth-order valence-electron chi connectivity index (χ4n) is 1.74. The van der Waals surface area contributed by atoms with E-state index in [4.69, 9.17) is 10.5 Å². The van der Waals surface area contributed by atoms with Crippen molar-refractivity contribution in [1.29, 1.82) is 0 Å². The summed E-state index contributed by atoms with van der Waals surface area (Å²) in [4.78, 5) is 2.05. The molecule has 4 nitrogen and oxygen atoms in total. The molecule has 2 aromatic carbocycles. The number of hydrogen-bond donors (Lipinski definition) is 2. The van der Waals surface area contributed by atoms with Crippen molar-refractivity contribution in [2.45, 2.75) is 0 Å². The van der Waals surface area contributed by atoms with E-state index in [2.05, 4.69) is 4.90 Å². The van der Waals surface area contributed by atoms with Gasteiger partial charge in [-0.1, -0.05) is 12.1 Å². The highest BCUT2D eigenvalue weighted by Crippen LogP contribution is 2.20. The zero-order valence-electron chi connectivity index (χ0n) is 10.9. The molecule has 0 saturated carbocycles. The first-order valence-corrected chi connectivity index (χ1v) is 6.14. The fourth-order valence-corrected chi connectivity index (χ4v) is 1.74. The summed E-state index contributed by atoms with van der Waals surface area (Å²) in [5.41, 5.74) is 7.48. The molecule has 0 radical (unpaired) electrons. The Bertz CT molecular complexity index is 526. The van der Waals surface area contributed by atoms with E-state index in [9.17, 15) is 5.11 Å². The number of anilines is 2. The molecule has 0 amide bonds. The molecule has 2 rings (SSSR count). The first-order chi connectivity index (χ1) is 9.16. The number of para-hydroxylation sites is 2. The summed E-state index contributed by atoms with van der Waals surface area (Å²) >= 11 is 0. The second kappa shape index (κ2) is 6.00. The van der Waals surface area contributed by atoms with Crippen LogP contribution in [0, 0.1) is 0 Å². The Labute approximate surface area is 113 Å². The maximum absolute atomic E-state index is 9.24. The molecule has 0 bridgehead atoms. The molecule has 2 aromatic rings. The van der Waals surface area contributed by atoms with Crippen LogP contribution in [0.3, 0.4) is 0 Å². The van der Waals surface area contributed by atoms with Crippen LogP contribution in [-0.4, -0.2) is 25.3 Å². The van der Waals surface area contributed by atoms with Crippen molar-refractivity contribution in [1.82, 2.24) is 0 Å². The molecule has 0 unspecified atom stereocenters. The standard InChI is InChI=1S/C15H18N2O2/c1-17(12-6-8-13(18)9-7-12)10-11-19-15-5-3-2-4-14(15)16/h2-9,18H,10-11,16H2,1H3. The van der Waals surface area contributed by atoms with Crippen LogP contribution in [0.1, 0.15) is 0 Å². The van der Waals surface area contributed by atoms with Crippen LogP contribution in [-0.2, 0) is 0 Å². The first kappa shape index (κ1) is 13.1. The molecule has 19 heavy (non-hydrogen) atoms. The molecular formula is C15H18N2O2. The topological polar surface area (TPSA) is 58.7 Å². The summed E-state index contributed by atoms with van der Waals surface area (Å²) < 4.78 is 5.64. The number of phenolic OH excluding ortho intramolecular Hbond substituents is 1. The molecule has 0 heterocycles. The van der Waals surface area contributed by atoms with Crippen molar-refractivity contribution in [3.8, 4) is 11.5 Å². The van der Waals surface area contributed by atoms with Gasteiger partial charge in [0.25, 0.3) is 0 Å². The van der Waals surface area contributed by atoms with E-state index in [1.165, 1.54) is 0 Å². The number of ether oxygens (including phenoxy) is 1. The molecular weight excluding hydrogens is 240 g/mol. The molecule has 100 valence electrons. The third kappa shape index (κ3) is 3.55. The average Bonchev–Trinajstić information content (AvgIpc) is 2.41. The lowest BCUT2D eigenvalue weighted by molar-refractivity contribution is 0.327. The van der Waals surface area contributed by atoms with Gasteiger partial charge in [0.1, 0.15) is 18.1 Å². The van der Waals surface area contributed by atoms with Gasteiger partial charge in [-0.05, 0) is 36.4 Å². The van der Waals surface area contributed by atoms with Crippen molar-refractivity contribution in [3.05, 3.63) is 48.5 Å². The van der Waals surface area contributed by atoms with E-state index in [1.54, 1.807) is 12.1 Å². The number of benzene rings is 2. The minimum Gasteiger partial charge on any atom is -0.508 e. The zero-order valence-corrected chi connectivity index (χ0v) is 10.9. The van der Waals surface area contributed by atoms with Crippen LogP contribution in [0.2, 0.25) is 0 Å². The molecule has 0 aliphatic carbocycles. The number of nitrogens with zero attached hydrogens (tertiary/aromatic N) is 1. The second-order valence-electron chi connectivity index (χ2n) is 4.32. The minimum absolute atomic E-state index is 0.269. The van der Waals surface area contributed by atoms with E-state index >= 15 is 0 Å². The Hall–Kier alpha value is -2.36. The van der Waals surface area contributed by atoms with Crippen molar-refractivity contribution < 1.29 is 9.84 Å². The maximum Gasteiger partial charge on any atom is 0.142 e. The van der Waals surface area contributed by atoms with Crippen LogP contribution in [0.25, 0.3) is 0 Å². The fraction of sp³-hybridized carbons (Fsp3) is 0.200. The van der Waals surface area contributed by atoms with Gasteiger partial charge in [0.2, 0.25) is 0 Å². The summed E-state index contributed by atoms with van der Waals surface area (Å²) in [5, 5.41) is 9.24. The number of phenols is 1. The second-order valence-corrected chi connectivity index (χ2v) is 4.32. The van der Waals surface area contributed by atoms with Crippen LogP contribution in [0.4, 0.5) is 11.4 Å². The maximum atomic E-state index is 9.24. The van der Waals surface area contributed by atoms with Gasteiger partial charge in [-0.2, -0.15) is 0 Å². The quantitative estimate of drug-likeness (QED) is 0.809. The predicted octanol–water partition coefficient (Wildman–Crippen LogP) is 2.49. The highest BCUT2D eigenvalue weighted by atomic mass is 16.5. The molecule has 3 N–H and O–H groups in total. The van der Waals surface area contributed by atoms with E-state index in [-0.39, 0.29) is 5.75 Å². The molecule has 0 saturated heterocycles. The number of rotatable bonds is 5. The van der Waals surface area contributed by atoms with Crippen molar-refractivity contribution in [2.24, 2.45) is 0 Å². The van der Waals surface area contributed by atoms with Gasteiger partial charge < -0.3 is 20.5 Å². The Balaban J connectivity index is 1.86. The molecule has 0 spiro atoms. The zero-order chi connectivity index (χ0) is 13.7. The molecule has 0 aliphatic rings. The number of likely N-dealkylation sites (N-methyl/N-ethyl adjacent to an activating group) is 1. The van der Waals surface area contributed by atoms with Crippen LogP contribution >= 0.6 is 0 Å². The van der Waals surface area contributed by atoms with Crippen molar-refractivity contribution in [2.75, 3.05) is 30.8 Å². The average molecular weight is 258 g/mol. The van der Waals surface area contributed by atoms with Crippen molar-refractivity contribution >= 4 is 11.4 Å². The Morgan fingerprint density at radius 2 is 1.79 bits per heavy atom. The largest absolute Gasteiger partial charge is 0.508 e. The lowest BCUT2D eigenvalue weighted by atomic mass is 10.3. The highest BCUT2D eigenvalue weighted by Gasteiger charge is 2.02. The van der Waals surface area contributed by atoms with E-state index in [0.717, 1.165) is 12.2 Å². The number of nitrogen functional groups attached to an aromatic ring is 1. The Kier molecular flexibility index (Phi) is 4.13. The van der Waals surface area contributed by atoms with Gasteiger partial charge in [-0.25, -0.2) is 0 Å². The first-order valence-electron chi connectivity index (χ1n) is 6.14. The molecule has 4 heteroatoms. The summed E-state index contributed by atoms with van der Waals surface area (Å²) in [7, 11) is 1.98. The van der Waals surface area contributed by atoms with Crippen molar-refractivity contribution in [3.63, 3.8) is 0 Å². The monoisotopic (exact) mass is 258 g/mol.